The van der Waals surface area contributed by atoms with Gasteiger partial charge in [-0.15, -0.1) is 0 Å². The Morgan fingerprint density at radius 3 is 0.928 bits per heavy atom. The summed E-state index contributed by atoms with van der Waals surface area (Å²) in [6.45, 7) is 0. The molecule has 0 saturated heterocycles. The number of aromatic nitrogens is 2. The maximum Gasteiger partial charge on any atom is 0.0547 e. The Hall–Kier alpha value is -9.18. The lowest BCUT2D eigenvalue weighted by atomic mass is 9.96. The normalized spacial score (nSPS) is 11.5. The largest absolute Gasteiger partial charge is 0.311 e. The second-order valence-electron chi connectivity index (χ2n) is 17.7. The first kappa shape index (κ1) is 40.1. The van der Waals surface area contributed by atoms with E-state index in [2.05, 4.69) is 287 Å². The molecule has 0 bridgehead atoms. The van der Waals surface area contributed by atoms with Crippen molar-refractivity contribution in [3.05, 3.63) is 273 Å². The van der Waals surface area contributed by atoms with Crippen molar-refractivity contribution in [2.24, 2.45) is 0 Å². The monoisotopic (exact) mass is 879 g/mol. The molecule has 69 heavy (non-hydrogen) atoms. The number of hydrogen-bond acceptors (Lipinski definition) is 1. The molecule has 0 aliphatic rings. The molecule has 0 aliphatic carbocycles. The molecule has 0 saturated carbocycles. The summed E-state index contributed by atoms with van der Waals surface area (Å²) in [7, 11) is 0. The lowest BCUT2D eigenvalue weighted by molar-refractivity contribution is 1.18. The van der Waals surface area contributed by atoms with Crippen molar-refractivity contribution < 1.29 is 0 Å². The predicted molar refractivity (Wildman–Crippen MR) is 292 cm³/mol. The van der Waals surface area contributed by atoms with E-state index in [-0.39, 0.29) is 0 Å². The number of nitrogens with zero attached hydrogens (tertiary/aromatic N) is 3. The van der Waals surface area contributed by atoms with Crippen LogP contribution in [0.1, 0.15) is 0 Å². The number of hydrogen-bond donors (Lipinski definition) is 0. The number of benzene rings is 11. The molecule has 11 aromatic carbocycles. The van der Waals surface area contributed by atoms with Crippen LogP contribution in [0.5, 0.6) is 0 Å². The fourth-order valence-corrected chi connectivity index (χ4v) is 10.5. The molecule has 0 atom stereocenters. The van der Waals surface area contributed by atoms with Crippen molar-refractivity contribution in [2.75, 3.05) is 4.90 Å². The van der Waals surface area contributed by atoms with E-state index in [9.17, 15) is 0 Å². The lowest BCUT2D eigenvalue weighted by Crippen LogP contribution is -2.09. The second-order valence-corrected chi connectivity index (χ2v) is 17.7. The van der Waals surface area contributed by atoms with Crippen molar-refractivity contribution >= 4 is 60.7 Å². The van der Waals surface area contributed by atoms with Gasteiger partial charge in [-0.05, 0) is 129 Å². The van der Waals surface area contributed by atoms with Crippen molar-refractivity contribution in [3.8, 4) is 55.9 Å². The van der Waals surface area contributed by atoms with Crippen LogP contribution in [0.25, 0.3) is 99.5 Å². The lowest BCUT2D eigenvalue weighted by Gasteiger charge is -2.26. The summed E-state index contributed by atoms with van der Waals surface area (Å²) in [6, 6.07) is 98.8. The highest BCUT2D eigenvalue weighted by atomic mass is 15.1. The molecular weight excluding hydrogens is 835 g/mol. The van der Waals surface area contributed by atoms with Gasteiger partial charge in [0.2, 0.25) is 0 Å². The smallest absolute Gasteiger partial charge is 0.0547 e. The van der Waals surface area contributed by atoms with Gasteiger partial charge in [0.15, 0.2) is 0 Å². The van der Waals surface area contributed by atoms with Gasteiger partial charge < -0.3 is 14.0 Å². The van der Waals surface area contributed by atoms with Gasteiger partial charge in [0, 0.05) is 50.0 Å². The Morgan fingerprint density at radius 2 is 0.522 bits per heavy atom. The molecule has 2 aromatic heterocycles. The zero-order valence-electron chi connectivity index (χ0n) is 37.8. The maximum atomic E-state index is 2.38. The number of para-hydroxylation sites is 5. The summed E-state index contributed by atoms with van der Waals surface area (Å²) >= 11 is 0. The number of fused-ring (bicyclic) bond motifs is 6. The molecule has 13 aromatic rings. The third-order valence-electron chi connectivity index (χ3n) is 13.7. The fourth-order valence-electron chi connectivity index (χ4n) is 10.5. The minimum atomic E-state index is 1.10. The van der Waals surface area contributed by atoms with Crippen LogP contribution in [0.2, 0.25) is 0 Å². The Bertz CT molecular complexity index is 3700. The SMILES string of the molecule is c1ccc(N(c2ccc(-c3ccc(-c4cccc5c4c4ccccc4n5-c4ccccc4)cc3)cc2)c2ccc(-c3ccc(-c4cccc5c4c4ccccc4n5-c4ccccc4)cc3)cc2)cc1. The maximum absolute atomic E-state index is 2.38. The van der Waals surface area contributed by atoms with E-state index in [4.69, 9.17) is 0 Å². The van der Waals surface area contributed by atoms with Crippen molar-refractivity contribution in [2.45, 2.75) is 0 Å². The molecular formula is C66H45N3. The average molecular weight is 880 g/mol. The van der Waals surface area contributed by atoms with Crippen LogP contribution in [0, 0.1) is 0 Å². The first-order valence-corrected chi connectivity index (χ1v) is 23.7. The predicted octanol–water partition coefficient (Wildman–Crippen LogP) is 18.0. The van der Waals surface area contributed by atoms with Gasteiger partial charge in [-0.2, -0.15) is 0 Å². The van der Waals surface area contributed by atoms with Crippen LogP contribution < -0.4 is 4.90 Å². The standard InChI is InChI=1S/C66H45N3/c1-4-16-52(17-5-1)67(55-42-38-48(39-43-55)46-30-34-50(35-31-46)57-24-14-28-63-65(57)59-22-10-12-26-61(59)68(63)53-18-6-2-7-19-53)56-44-40-49(41-45-56)47-32-36-51(37-33-47)58-25-15-29-64-66(58)60-23-11-13-27-62(60)69(64)54-20-8-3-9-21-54/h1-45H. The summed E-state index contributed by atoms with van der Waals surface area (Å²) in [4.78, 5) is 2.33. The van der Waals surface area contributed by atoms with Crippen LogP contribution in [-0.2, 0) is 0 Å². The van der Waals surface area contributed by atoms with Crippen LogP contribution in [0.4, 0.5) is 17.1 Å². The molecule has 0 spiro atoms. The molecule has 13 rings (SSSR count). The van der Waals surface area contributed by atoms with Gasteiger partial charge in [0.05, 0.1) is 22.1 Å². The van der Waals surface area contributed by atoms with Crippen LogP contribution in [0.3, 0.4) is 0 Å². The summed E-state index contributed by atoms with van der Waals surface area (Å²) in [6.07, 6.45) is 0. The molecule has 0 N–H and O–H groups in total. The first-order valence-electron chi connectivity index (χ1n) is 23.7. The zero-order valence-corrected chi connectivity index (χ0v) is 37.8. The van der Waals surface area contributed by atoms with E-state index in [1.165, 1.54) is 99.5 Å². The van der Waals surface area contributed by atoms with Gasteiger partial charge in [-0.1, -0.05) is 188 Å². The van der Waals surface area contributed by atoms with Crippen molar-refractivity contribution in [1.82, 2.24) is 9.13 Å². The molecule has 3 heteroatoms. The first-order chi connectivity index (χ1) is 34.2. The van der Waals surface area contributed by atoms with E-state index in [0.717, 1.165) is 17.1 Å². The zero-order chi connectivity index (χ0) is 45.7. The van der Waals surface area contributed by atoms with E-state index >= 15 is 0 Å². The highest BCUT2D eigenvalue weighted by Gasteiger charge is 2.19. The summed E-state index contributed by atoms with van der Waals surface area (Å²) < 4.78 is 4.76. The quantitative estimate of drug-likeness (QED) is 0.141. The molecule has 0 radical (unpaired) electrons. The van der Waals surface area contributed by atoms with Gasteiger partial charge >= 0.3 is 0 Å². The van der Waals surface area contributed by atoms with Crippen molar-refractivity contribution in [3.63, 3.8) is 0 Å². The number of anilines is 3. The molecule has 324 valence electrons. The van der Waals surface area contributed by atoms with Gasteiger partial charge in [-0.3, -0.25) is 0 Å². The van der Waals surface area contributed by atoms with E-state index in [0.29, 0.717) is 0 Å². The number of rotatable bonds is 9. The van der Waals surface area contributed by atoms with E-state index in [1.807, 2.05) is 0 Å². The minimum absolute atomic E-state index is 1.10. The van der Waals surface area contributed by atoms with E-state index in [1.54, 1.807) is 0 Å². The third kappa shape index (κ3) is 6.99. The molecule has 0 fully saturated rings. The topological polar surface area (TPSA) is 13.1 Å². The van der Waals surface area contributed by atoms with Crippen LogP contribution >= 0.6 is 0 Å². The second kappa shape index (κ2) is 16.9. The Kier molecular flexibility index (Phi) is 9.84. The molecule has 0 unspecified atom stereocenters. The van der Waals surface area contributed by atoms with Crippen LogP contribution in [-0.4, -0.2) is 9.13 Å². The van der Waals surface area contributed by atoms with Gasteiger partial charge in [0.25, 0.3) is 0 Å². The highest BCUT2D eigenvalue weighted by Crippen LogP contribution is 2.42. The summed E-state index contributed by atoms with van der Waals surface area (Å²) in [5.41, 5.74) is 20.1. The summed E-state index contributed by atoms with van der Waals surface area (Å²) in [5, 5.41) is 5.06. The van der Waals surface area contributed by atoms with Gasteiger partial charge in [0.1, 0.15) is 0 Å². The Balaban J connectivity index is 0.785. The molecule has 3 nitrogen and oxygen atoms in total. The van der Waals surface area contributed by atoms with Crippen molar-refractivity contribution in [1.29, 1.82) is 0 Å². The molecule has 0 aliphatic heterocycles. The molecule has 2 heterocycles. The molecule has 0 amide bonds. The Morgan fingerprint density at radius 1 is 0.217 bits per heavy atom. The van der Waals surface area contributed by atoms with Crippen LogP contribution in [0.15, 0.2) is 273 Å². The third-order valence-corrected chi connectivity index (χ3v) is 13.7. The van der Waals surface area contributed by atoms with E-state index < -0.39 is 0 Å². The average Bonchev–Trinajstić information content (AvgIpc) is 3.96. The fraction of sp³-hybridized carbons (Fsp3) is 0. The summed E-state index contributed by atoms with van der Waals surface area (Å²) in [5.74, 6) is 0. The minimum Gasteiger partial charge on any atom is -0.311 e. The highest BCUT2D eigenvalue weighted by molar-refractivity contribution is 6.17. The van der Waals surface area contributed by atoms with Gasteiger partial charge in [-0.25, -0.2) is 0 Å². The Labute approximate surface area is 401 Å².